The molecule has 100 valence electrons. The van der Waals surface area contributed by atoms with Crippen molar-refractivity contribution < 1.29 is 4.92 Å². The molecule has 0 saturated carbocycles. The zero-order chi connectivity index (χ0) is 14.2. The normalized spacial score (nSPS) is 10.7. The van der Waals surface area contributed by atoms with E-state index in [1.807, 2.05) is 13.0 Å². The van der Waals surface area contributed by atoms with Gasteiger partial charge in [-0.1, -0.05) is 0 Å². The molecule has 0 radical (unpaired) electrons. The van der Waals surface area contributed by atoms with E-state index in [0.717, 1.165) is 22.5 Å². The van der Waals surface area contributed by atoms with Gasteiger partial charge in [0.1, 0.15) is 10.7 Å². The summed E-state index contributed by atoms with van der Waals surface area (Å²) in [5.41, 5.74) is 0.934. The van der Waals surface area contributed by atoms with Crippen LogP contribution in [0.15, 0.2) is 16.1 Å². The van der Waals surface area contributed by atoms with Crippen molar-refractivity contribution in [1.29, 1.82) is 0 Å². The highest BCUT2D eigenvalue weighted by Gasteiger charge is 2.23. The van der Waals surface area contributed by atoms with Crippen molar-refractivity contribution in [2.75, 3.05) is 0 Å². The molecule has 0 amide bonds. The molecule has 0 unspecified atom stereocenters. The van der Waals surface area contributed by atoms with E-state index in [4.69, 9.17) is 11.6 Å². The number of hydrogen-bond acceptors (Lipinski definition) is 6. The van der Waals surface area contributed by atoms with E-state index in [0.29, 0.717) is 0 Å². The standard InChI is InChI=1S/C10H10ClN5O2S/c1-5-4-7(15(3)14-5)19-9-8(16(17)18)6(2)12-10(11)13-9/h4H,1-3H3. The van der Waals surface area contributed by atoms with Gasteiger partial charge < -0.3 is 0 Å². The van der Waals surface area contributed by atoms with Crippen LogP contribution in [0.5, 0.6) is 0 Å². The minimum atomic E-state index is -0.503. The van der Waals surface area contributed by atoms with Crippen LogP contribution in [0, 0.1) is 24.0 Å². The Balaban J connectivity index is 2.50. The highest BCUT2D eigenvalue weighted by molar-refractivity contribution is 7.99. The van der Waals surface area contributed by atoms with Gasteiger partial charge in [-0.2, -0.15) is 5.10 Å². The second-order valence-corrected chi connectivity index (χ2v) is 5.19. The summed E-state index contributed by atoms with van der Waals surface area (Å²) in [5.74, 6) is 0. The van der Waals surface area contributed by atoms with Gasteiger partial charge in [-0.15, -0.1) is 0 Å². The average Bonchev–Trinajstić information content (AvgIpc) is 2.55. The van der Waals surface area contributed by atoms with Crippen molar-refractivity contribution >= 4 is 29.1 Å². The molecule has 0 fully saturated rings. The van der Waals surface area contributed by atoms with Crippen molar-refractivity contribution in [2.24, 2.45) is 7.05 Å². The van der Waals surface area contributed by atoms with Crippen LogP contribution in [0.1, 0.15) is 11.4 Å². The monoisotopic (exact) mass is 299 g/mol. The number of hydrogen-bond donors (Lipinski definition) is 0. The highest BCUT2D eigenvalue weighted by Crippen LogP contribution is 2.35. The topological polar surface area (TPSA) is 86.7 Å². The Morgan fingerprint density at radius 3 is 2.63 bits per heavy atom. The zero-order valence-electron chi connectivity index (χ0n) is 10.4. The summed E-state index contributed by atoms with van der Waals surface area (Å²) >= 11 is 6.90. The molecule has 2 rings (SSSR count). The summed E-state index contributed by atoms with van der Waals surface area (Å²) in [6.45, 7) is 3.38. The lowest BCUT2D eigenvalue weighted by Gasteiger charge is -2.04. The zero-order valence-corrected chi connectivity index (χ0v) is 12.0. The van der Waals surface area contributed by atoms with Crippen LogP contribution in [0.2, 0.25) is 5.28 Å². The summed E-state index contributed by atoms with van der Waals surface area (Å²) in [5, 5.41) is 16.2. The van der Waals surface area contributed by atoms with Crippen LogP contribution >= 0.6 is 23.4 Å². The minimum absolute atomic E-state index is 0.00973. The summed E-state index contributed by atoms with van der Waals surface area (Å²) in [7, 11) is 1.76. The lowest BCUT2D eigenvalue weighted by atomic mass is 10.4. The Kier molecular flexibility index (Phi) is 3.72. The summed E-state index contributed by atoms with van der Waals surface area (Å²) in [4.78, 5) is 18.3. The molecule has 0 atom stereocenters. The number of nitrogens with zero attached hydrogens (tertiary/aromatic N) is 5. The van der Waals surface area contributed by atoms with Gasteiger partial charge in [-0.3, -0.25) is 14.8 Å². The molecule has 0 spiro atoms. The molecule has 0 aromatic carbocycles. The molecule has 2 heterocycles. The van der Waals surface area contributed by atoms with Crippen LogP contribution in [-0.4, -0.2) is 24.7 Å². The van der Waals surface area contributed by atoms with Crippen LogP contribution in [0.25, 0.3) is 0 Å². The SMILES string of the molecule is Cc1cc(Sc2nc(Cl)nc(C)c2[N+](=O)[O-])n(C)n1. The lowest BCUT2D eigenvalue weighted by molar-refractivity contribution is -0.389. The van der Waals surface area contributed by atoms with Gasteiger partial charge in [0.15, 0.2) is 5.03 Å². The van der Waals surface area contributed by atoms with E-state index in [-0.39, 0.29) is 21.7 Å². The molecule has 7 nitrogen and oxygen atoms in total. The molecule has 0 aliphatic heterocycles. The van der Waals surface area contributed by atoms with E-state index in [1.165, 1.54) is 6.92 Å². The van der Waals surface area contributed by atoms with Crippen LogP contribution in [0.4, 0.5) is 5.69 Å². The van der Waals surface area contributed by atoms with E-state index < -0.39 is 4.92 Å². The van der Waals surface area contributed by atoms with Crippen molar-refractivity contribution in [1.82, 2.24) is 19.7 Å². The molecule has 0 aliphatic rings. The van der Waals surface area contributed by atoms with Crippen LogP contribution in [-0.2, 0) is 7.05 Å². The Bertz CT molecular complexity index is 658. The first-order chi connectivity index (χ1) is 8.88. The maximum atomic E-state index is 11.1. The lowest BCUT2D eigenvalue weighted by Crippen LogP contribution is -2.01. The van der Waals surface area contributed by atoms with Crippen LogP contribution in [0.3, 0.4) is 0 Å². The molecule has 0 saturated heterocycles. The fourth-order valence-corrected chi connectivity index (χ4v) is 2.88. The van der Waals surface area contributed by atoms with Gasteiger partial charge in [0.25, 0.3) is 0 Å². The Morgan fingerprint density at radius 1 is 1.42 bits per heavy atom. The molecule has 19 heavy (non-hydrogen) atoms. The highest BCUT2D eigenvalue weighted by atomic mass is 35.5. The molecular formula is C10H10ClN5O2S. The first kappa shape index (κ1) is 13.8. The van der Waals surface area contributed by atoms with Gasteiger partial charge in [-0.25, -0.2) is 9.97 Å². The third kappa shape index (κ3) is 2.85. The molecule has 2 aromatic rings. The molecule has 0 N–H and O–H groups in total. The summed E-state index contributed by atoms with van der Waals surface area (Å²) in [6, 6.07) is 1.82. The maximum Gasteiger partial charge on any atom is 0.322 e. The largest absolute Gasteiger partial charge is 0.322 e. The van der Waals surface area contributed by atoms with Gasteiger partial charge in [-0.05, 0) is 43.3 Å². The number of rotatable bonds is 3. The maximum absolute atomic E-state index is 11.1. The van der Waals surface area contributed by atoms with E-state index in [1.54, 1.807) is 11.7 Å². The quantitative estimate of drug-likeness (QED) is 0.374. The number of nitro groups is 1. The summed E-state index contributed by atoms with van der Waals surface area (Å²) < 4.78 is 1.63. The third-order valence-corrected chi connectivity index (χ3v) is 3.58. The molecule has 2 aromatic heterocycles. The second kappa shape index (κ2) is 5.14. The first-order valence-corrected chi connectivity index (χ1v) is 6.45. The van der Waals surface area contributed by atoms with Crippen molar-refractivity contribution in [3.63, 3.8) is 0 Å². The predicted octanol–water partition coefficient (Wildman–Crippen LogP) is 2.54. The molecular weight excluding hydrogens is 290 g/mol. The van der Waals surface area contributed by atoms with Crippen molar-refractivity contribution in [2.45, 2.75) is 23.9 Å². The van der Waals surface area contributed by atoms with E-state index in [2.05, 4.69) is 15.1 Å². The molecule has 9 heteroatoms. The number of aryl methyl sites for hydroxylation is 3. The summed E-state index contributed by atoms with van der Waals surface area (Å²) in [6.07, 6.45) is 0. The minimum Gasteiger partial charge on any atom is -0.261 e. The van der Waals surface area contributed by atoms with Gasteiger partial charge in [0.05, 0.1) is 10.6 Å². The van der Waals surface area contributed by atoms with Gasteiger partial charge in [0.2, 0.25) is 5.28 Å². The number of halogens is 1. The Hall–Kier alpha value is -1.67. The first-order valence-electron chi connectivity index (χ1n) is 5.25. The Labute approximate surface area is 118 Å². The van der Waals surface area contributed by atoms with Crippen molar-refractivity contribution in [3.05, 3.63) is 32.9 Å². The smallest absolute Gasteiger partial charge is 0.261 e. The van der Waals surface area contributed by atoms with E-state index >= 15 is 0 Å². The van der Waals surface area contributed by atoms with Gasteiger partial charge in [0, 0.05) is 7.05 Å². The molecule has 0 aliphatic carbocycles. The van der Waals surface area contributed by atoms with Crippen LogP contribution < -0.4 is 0 Å². The third-order valence-electron chi connectivity index (χ3n) is 2.34. The predicted molar refractivity (Wildman–Crippen MR) is 70.5 cm³/mol. The molecule has 0 bridgehead atoms. The van der Waals surface area contributed by atoms with E-state index in [9.17, 15) is 10.1 Å². The van der Waals surface area contributed by atoms with Gasteiger partial charge >= 0.3 is 5.69 Å². The Morgan fingerprint density at radius 2 is 2.11 bits per heavy atom. The fourth-order valence-electron chi connectivity index (χ4n) is 1.57. The average molecular weight is 300 g/mol. The fraction of sp³-hybridized carbons (Fsp3) is 0.300. The second-order valence-electron chi connectivity index (χ2n) is 3.84. The number of aromatic nitrogens is 4. The van der Waals surface area contributed by atoms with Crippen molar-refractivity contribution in [3.8, 4) is 0 Å².